The number of fused-ring (bicyclic) bond motifs is 1. The molecule has 3 aromatic rings. The third kappa shape index (κ3) is 2.84. The van der Waals surface area contributed by atoms with Gasteiger partial charge in [0, 0.05) is 12.5 Å². The monoisotopic (exact) mass is 294 g/mol. The number of hydrogen-bond acceptors (Lipinski definition) is 2. The number of hydrogen-bond donors (Lipinski definition) is 1. The average Bonchev–Trinajstić information content (AvgIpc) is 2.78. The Hall–Kier alpha value is -2.29. The van der Waals surface area contributed by atoms with Gasteiger partial charge in [-0.25, -0.2) is 4.52 Å². The molecule has 0 aliphatic heterocycles. The molecule has 0 spiro atoms. The van der Waals surface area contributed by atoms with Gasteiger partial charge < -0.3 is 5.11 Å². The average molecular weight is 294 g/mol. The minimum Gasteiger partial charge on any atom is -0.506 e. The Morgan fingerprint density at radius 1 is 1.14 bits per heavy atom. The van der Waals surface area contributed by atoms with Crippen LogP contribution in [-0.4, -0.2) is 14.7 Å². The van der Waals surface area contributed by atoms with E-state index in [4.69, 9.17) is 0 Å². The van der Waals surface area contributed by atoms with Crippen LogP contribution in [0.25, 0.3) is 5.52 Å². The summed E-state index contributed by atoms with van der Waals surface area (Å²) >= 11 is 0. The fourth-order valence-corrected chi connectivity index (χ4v) is 2.94. The van der Waals surface area contributed by atoms with Crippen LogP contribution in [0.1, 0.15) is 36.4 Å². The number of aromatic nitrogens is 2. The first kappa shape index (κ1) is 14.6. The normalized spacial score (nSPS) is 11.5. The van der Waals surface area contributed by atoms with Gasteiger partial charge in [-0.3, -0.25) is 0 Å². The Kier molecular flexibility index (Phi) is 3.88. The molecule has 3 heteroatoms. The van der Waals surface area contributed by atoms with Gasteiger partial charge in [-0.05, 0) is 36.5 Å². The number of aryl methyl sites for hydroxylation is 1. The van der Waals surface area contributed by atoms with E-state index in [0.29, 0.717) is 11.7 Å². The lowest BCUT2D eigenvalue weighted by atomic mass is 10.00. The van der Waals surface area contributed by atoms with Gasteiger partial charge in [0.2, 0.25) is 0 Å². The van der Waals surface area contributed by atoms with E-state index in [2.05, 4.69) is 49.3 Å². The van der Waals surface area contributed by atoms with Crippen molar-refractivity contribution < 1.29 is 5.11 Å². The SMILES string of the molecule is Cc1cc(O)c2cc(CC(C)C)c(Cc3ccccc3)n2n1. The van der Waals surface area contributed by atoms with Gasteiger partial charge in [0.05, 0.1) is 11.4 Å². The predicted octanol–water partition coefficient (Wildman–Crippen LogP) is 4.14. The molecule has 0 aliphatic rings. The van der Waals surface area contributed by atoms with E-state index >= 15 is 0 Å². The van der Waals surface area contributed by atoms with Crippen molar-refractivity contribution in [3.05, 3.63) is 65.0 Å². The molecule has 3 nitrogen and oxygen atoms in total. The van der Waals surface area contributed by atoms with Crippen LogP contribution in [0.5, 0.6) is 5.75 Å². The van der Waals surface area contributed by atoms with E-state index in [1.165, 1.54) is 16.8 Å². The molecule has 0 radical (unpaired) electrons. The fraction of sp³-hybridized carbons (Fsp3) is 0.316. The van der Waals surface area contributed by atoms with E-state index in [-0.39, 0.29) is 0 Å². The second-order valence-corrected chi connectivity index (χ2v) is 6.34. The summed E-state index contributed by atoms with van der Waals surface area (Å²) in [4.78, 5) is 0. The molecular weight excluding hydrogens is 272 g/mol. The van der Waals surface area contributed by atoms with E-state index in [1.807, 2.05) is 17.5 Å². The number of rotatable bonds is 4. The highest BCUT2D eigenvalue weighted by atomic mass is 16.3. The molecule has 114 valence electrons. The zero-order chi connectivity index (χ0) is 15.7. The largest absolute Gasteiger partial charge is 0.506 e. The van der Waals surface area contributed by atoms with Crippen LogP contribution in [0.3, 0.4) is 0 Å². The van der Waals surface area contributed by atoms with Crippen molar-refractivity contribution in [3.8, 4) is 5.75 Å². The second-order valence-electron chi connectivity index (χ2n) is 6.34. The molecule has 1 aromatic carbocycles. The van der Waals surface area contributed by atoms with Crippen LogP contribution >= 0.6 is 0 Å². The van der Waals surface area contributed by atoms with Crippen LogP contribution in [0.2, 0.25) is 0 Å². The lowest BCUT2D eigenvalue weighted by Crippen LogP contribution is -2.04. The predicted molar refractivity (Wildman–Crippen MR) is 89.4 cm³/mol. The maximum atomic E-state index is 10.2. The second kappa shape index (κ2) is 5.84. The Labute approximate surface area is 131 Å². The van der Waals surface area contributed by atoms with Gasteiger partial charge in [0.1, 0.15) is 11.3 Å². The highest BCUT2D eigenvalue weighted by molar-refractivity contribution is 5.63. The minimum absolute atomic E-state index is 0.303. The minimum atomic E-state index is 0.303. The molecule has 2 aromatic heterocycles. The molecule has 0 unspecified atom stereocenters. The zero-order valence-electron chi connectivity index (χ0n) is 13.4. The third-order valence-corrected chi connectivity index (χ3v) is 3.87. The van der Waals surface area contributed by atoms with Crippen molar-refractivity contribution in [2.75, 3.05) is 0 Å². The third-order valence-electron chi connectivity index (χ3n) is 3.87. The van der Waals surface area contributed by atoms with Crippen molar-refractivity contribution >= 4 is 5.52 Å². The molecule has 0 amide bonds. The fourth-order valence-electron chi connectivity index (χ4n) is 2.94. The first-order chi connectivity index (χ1) is 10.5. The van der Waals surface area contributed by atoms with Gasteiger partial charge in [-0.15, -0.1) is 0 Å². The lowest BCUT2D eigenvalue weighted by Gasteiger charge is -2.09. The summed E-state index contributed by atoms with van der Waals surface area (Å²) in [7, 11) is 0. The molecule has 1 N–H and O–H groups in total. The highest BCUT2D eigenvalue weighted by Crippen LogP contribution is 2.27. The lowest BCUT2D eigenvalue weighted by molar-refractivity contribution is 0.476. The summed E-state index contributed by atoms with van der Waals surface area (Å²) in [6.07, 6.45) is 1.82. The van der Waals surface area contributed by atoms with Crippen LogP contribution in [0, 0.1) is 12.8 Å². The van der Waals surface area contributed by atoms with Crippen molar-refractivity contribution in [2.24, 2.45) is 5.92 Å². The van der Waals surface area contributed by atoms with E-state index < -0.39 is 0 Å². The molecule has 0 aliphatic carbocycles. The van der Waals surface area contributed by atoms with Crippen LogP contribution in [0.15, 0.2) is 42.5 Å². The van der Waals surface area contributed by atoms with Crippen LogP contribution < -0.4 is 0 Å². The molecule has 22 heavy (non-hydrogen) atoms. The van der Waals surface area contributed by atoms with E-state index in [9.17, 15) is 5.11 Å². The maximum Gasteiger partial charge on any atom is 0.143 e. The van der Waals surface area contributed by atoms with Gasteiger partial charge in [0.25, 0.3) is 0 Å². The molecule has 0 saturated carbocycles. The smallest absolute Gasteiger partial charge is 0.143 e. The summed E-state index contributed by atoms with van der Waals surface area (Å²) in [5, 5.41) is 14.8. The Morgan fingerprint density at radius 3 is 2.55 bits per heavy atom. The number of aromatic hydroxyl groups is 1. The van der Waals surface area contributed by atoms with E-state index in [1.54, 1.807) is 6.07 Å². The molecule has 0 saturated heterocycles. The van der Waals surface area contributed by atoms with E-state index in [0.717, 1.165) is 24.1 Å². The highest BCUT2D eigenvalue weighted by Gasteiger charge is 2.15. The summed E-state index contributed by atoms with van der Waals surface area (Å²) < 4.78 is 1.91. The molecule has 0 bridgehead atoms. The molecule has 0 atom stereocenters. The van der Waals surface area contributed by atoms with Crippen molar-refractivity contribution in [1.29, 1.82) is 0 Å². The van der Waals surface area contributed by atoms with Crippen LogP contribution in [0.4, 0.5) is 0 Å². The van der Waals surface area contributed by atoms with Gasteiger partial charge in [-0.1, -0.05) is 44.2 Å². The number of benzene rings is 1. The maximum absolute atomic E-state index is 10.2. The summed E-state index contributed by atoms with van der Waals surface area (Å²) in [6.45, 7) is 6.34. The van der Waals surface area contributed by atoms with Gasteiger partial charge >= 0.3 is 0 Å². The Bertz CT molecular complexity index is 788. The van der Waals surface area contributed by atoms with Crippen molar-refractivity contribution in [2.45, 2.75) is 33.6 Å². The molecule has 2 heterocycles. The van der Waals surface area contributed by atoms with Crippen molar-refractivity contribution in [1.82, 2.24) is 9.61 Å². The van der Waals surface area contributed by atoms with Crippen molar-refractivity contribution in [3.63, 3.8) is 0 Å². The molecular formula is C19H22N2O. The quantitative estimate of drug-likeness (QED) is 0.785. The first-order valence-corrected chi connectivity index (χ1v) is 7.78. The topological polar surface area (TPSA) is 37.5 Å². The summed E-state index contributed by atoms with van der Waals surface area (Å²) in [5.41, 5.74) is 5.33. The van der Waals surface area contributed by atoms with Gasteiger partial charge in [-0.2, -0.15) is 5.10 Å². The molecule has 0 fully saturated rings. The summed E-state index contributed by atoms with van der Waals surface area (Å²) in [6, 6.07) is 14.2. The van der Waals surface area contributed by atoms with Crippen LogP contribution in [-0.2, 0) is 12.8 Å². The Balaban J connectivity index is 2.15. The zero-order valence-corrected chi connectivity index (χ0v) is 13.4. The summed E-state index contributed by atoms with van der Waals surface area (Å²) in [5.74, 6) is 0.868. The number of nitrogens with zero attached hydrogens (tertiary/aromatic N) is 2. The first-order valence-electron chi connectivity index (χ1n) is 7.78. The Morgan fingerprint density at radius 2 is 1.86 bits per heavy atom. The van der Waals surface area contributed by atoms with Gasteiger partial charge in [0.15, 0.2) is 0 Å². The standard InChI is InChI=1S/C19H22N2O/c1-13(2)9-16-12-18-19(22)10-14(3)20-21(18)17(16)11-15-7-5-4-6-8-15/h4-8,10,12-13,22H,9,11H2,1-3H3. The molecule has 3 rings (SSSR count).